The van der Waals surface area contributed by atoms with Crippen LogP contribution in [0.2, 0.25) is 0 Å². The number of carboxylic acids is 1. The summed E-state index contributed by atoms with van der Waals surface area (Å²) in [7, 11) is 0. The lowest BCUT2D eigenvalue weighted by atomic mass is 10.4. The van der Waals surface area contributed by atoms with Gasteiger partial charge in [-0.3, -0.25) is 0 Å². The van der Waals surface area contributed by atoms with Crippen molar-refractivity contribution in [2.24, 2.45) is 0 Å². The zero-order chi connectivity index (χ0) is 11.1. The summed E-state index contributed by atoms with van der Waals surface area (Å²) in [5.74, 6) is -3.57. The van der Waals surface area contributed by atoms with Gasteiger partial charge in [0.2, 0.25) is 0 Å². The molecule has 0 spiro atoms. The third-order valence-electron chi connectivity index (χ3n) is 1.10. The molecule has 0 heterocycles. The Kier molecular flexibility index (Phi) is 5.23. The van der Waals surface area contributed by atoms with Crippen LogP contribution in [0.15, 0.2) is 0 Å². The Labute approximate surface area is 79.2 Å². The molecule has 0 aliphatic rings. The maximum atomic E-state index is 10.8. The molecule has 0 fully saturated rings. The van der Waals surface area contributed by atoms with E-state index in [0.29, 0.717) is 0 Å². The predicted octanol–water partition coefficient (Wildman–Crippen LogP) is -2.80. The molecule has 80 valence electrons. The number of ether oxygens (including phenoxy) is 2. The molecule has 14 heavy (non-hydrogen) atoms. The Morgan fingerprint density at radius 3 is 2.43 bits per heavy atom. The van der Waals surface area contributed by atoms with Crippen LogP contribution in [0.4, 0.5) is 0 Å². The molecule has 1 N–H and O–H groups in total. The molecule has 1 atom stereocenters. The van der Waals surface area contributed by atoms with E-state index in [9.17, 15) is 19.5 Å². The van der Waals surface area contributed by atoms with Gasteiger partial charge in [-0.25, -0.2) is 9.59 Å². The van der Waals surface area contributed by atoms with Crippen molar-refractivity contribution in [3.63, 3.8) is 0 Å². The number of esters is 2. The van der Waals surface area contributed by atoms with Crippen molar-refractivity contribution in [1.29, 1.82) is 0 Å². The molecule has 0 aromatic carbocycles. The summed E-state index contributed by atoms with van der Waals surface area (Å²) in [5, 5.41) is 18.1. The SMILES string of the molecule is CC(OC(=O)CO)C(=O)OCC(=O)[O-]. The molecule has 0 saturated carbocycles. The van der Waals surface area contributed by atoms with Crippen molar-refractivity contribution in [2.45, 2.75) is 13.0 Å². The van der Waals surface area contributed by atoms with Gasteiger partial charge in [0.15, 0.2) is 6.10 Å². The van der Waals surface area contributed by atoms with Gasteiger partial charge in [0.05, 0.1) is 5.97 Å². The van der Waals surface area contributed by atoms with Crippen molar-refractivity contribution in [2.75, 3.05) is 13.2 Å². The minimum atomic E-state index is -1.56. The molecule has 0 amide bonds. The van der Waals surface area contributed by atoms with Gasteiger partial charge in [-0.2, -0.15) is 0 Å². The van der Waals surface area contributed by atoms with Gasteiger partial charge >= 0.3 is 11.9 Å². The summed E-state index contributed by atoms with van der Waals surface area (Å²) < 4.78 is 8.47. The zero-order valence-corrected chi connectivity index (χ0v) is 7.39. The van der Waals surface area contributed by atoms with E-state index < -0.39 is 37.2 Å². The van der Waals surface area contributed by atoms with E-state index in [1.165, 1.54) is 6.92 Å². The van der Waals surface area contributed by atoms with E-state index in [1.807, 2.05) is 0 Å². The number of hydrogen-bond donors (Lipinski definition) is 1. The number of carboxylic acid groups (broad SMARTS) is 1. The van der Waals surface area contributed by atoms with Crippen LogP contribution in [0.5, 0.6) is 0 Å². The summed E-state index contributed by atoms with van der Waals surface area (Å²) in [4.78, 5) is 31.2. The van der Waals surface area contributed by atoms with Gasteiger partial charge in [-0.1, -0.05) is 0 Å². The molecule has 0 aromatic heterocycles. The lowest BCUT2D eigenvalue weighted by Crippen LogP contribution is -2.33. The highest BCUT2D eigenvalue weighted by molar-refractivity contribution is 5.80. The number of aliphatic carboxylic acids is 1. The summed E-state index contributed by atoms with van der Waals surface area (Å²) in [6.07, 6.45) is -1.26. The minimum absolute atomic E-state index is 0.863. The van der Waals surface area contributed by atoms with Crippen LogP contribution in [0.3, 0.4) is 0 Å². The first kappa shape index (κ1) is 12.4. The monoisotopic (exact) mass is 205 g/mol. The van der Waals surface area contributed by atoms with Gasteiger partial charge in [0.1, 0.15) is 13.2 Å². The maximum Gasteiger partial charge on any atom is 0.347 e. The van der Waals surface area contributed by atoms with Gasteiger partial charge in [0, 0.05) is 0 Å². The molecule has 0 saturated heterocycles. The van der Waals surface area contributed by atoms with Crippen LogP contribution in [-0.2, 0) is 23.9 Å². The van der Waals surface area contributed by atoms with E-state index in [2.05, 4.69) is 9.47 Å². The number of aliphatic hydroxyl groups excluding tert-OH is 1. The first-order valence-electron chi connectivity index (χ1n) is 3.64. The standard InChI is InChI=1S/C7H10O7/c1-4(14-6(11)2-8)7(12)13-3-5(9)10/h4,8H,2-3H2,1H3,(H,9,10)/p-1. The molecular formula is C7H9O7-. The second kappa shape index (κ2) is 5.92. The first-order chi connectivity index (χ1) is 6.47. The maximum absolute atomic E-state index is 10.8. The Morgan fingerprint density at radius 1 is 1.43 bits per heavy atom. The molecule has 7 nitrogen and oxygen atoms in total. The van der Waals surface area contributed by atoms with Crippen molar-refractivity contribution < 1.29 is 34.1 Å². The van der Waals surface area contributed by atoms with Crippen LogP contribution in [-0.4, -0.2) is 42.3 Å². The average Bonchev–Trinajstić information content (AvgIpc) is 2.13. The highest BCUT2D eigenvalue weighted by Crippen LogP contribution is 1.94. The number of carbonyl (C=O) groups excluding carboxylic acids is 3. The normalized spacial score (nSPS) is 11.6. The fraction of sp³-hybridized carbons (Fsp3) is 0.571. The first-order valence-corrected chi connectivity index (χ1v) is 3.64. The van der Waals surface area contributed by atoms with E-state index in [4.69, 9.17) is 5.11 Å². The Morgan fingerprint density at radius 2 is 2.00 bits per heavy atom. The van der Waals surface area contributed by atoms with E-state index in [-0.39, 0.29) is 0 Å². The van der Waals surface area contributed by atoms with Gasteiger partial charge in [-0.05, 0) is 6.92 Å². The molecule has 0 aliphatic carbocycles. The molecule has 7 heteroatoms. The predicted molar refractivity (Wildman–Crippen MR) is 38.6 cm³/mol. The van der Waals surface area contributed by atoms with Crippen molar-refractivity contribution in [3.8, 4) is 0 Å². The van der Waals surface area contributed by atoms with Crippen LogP contribution in [0.1, 0.15) is 6.92 Å². The topological polar surface area (TPSA) is 113 Å². The smallest absolute Gasteiger partial charge is 0.347 e. The second-order valence-corrected chi connectivity index (χ2v) is 2.27. The van der Waals surface area contributed by atoms with Crippen LogP contribution >= 0.6 is 0 Å². The van der Waals surface area contributed by atoms with Crippen molar-refractivity contribution in [1.82, 2.24) is 0 Å². The number of rotatable bonds is 5. The lowest BCUT2D eigenvalue weighted by molar-refractivity contribution is -0.309. The van der Waals surface area contributed by atoms with Crippen LogP contribution < -0.4 is 5.11 Å². The highest BCUT2D eigenvalue weighted by atomic mass is 16.6. The summed E-state index contributed by atoms with van der Waals surface area (Å²) in [5.41, 5.74) is 0. The molecular weight excluding hydrogens is 196 g/mol. The van der Waals surface area contributed by atoms with E-state index in [1.54, 1.807) is 0 Å². The largest absolute Gasteiger partial charge is 0.546 e. The molecule has 0 rings (SSSR count). The van der Waals surface area contributed by atoms with Gasteiger partial charge < -0.3 is 24.5 Å². The Balaban J connectivity index is 3.87. The Hall–Kier alpha value is -1.63. The average molecular weight is 205 g/mol. The van der Waals surface area contributed by atoms with E-state index in [0.717, 1.165) is 0 Å². The minimum Gasteiger partial charge on any atom is -0.546 e. The fourth-order valence-electron chi connectivity index (χ4n) is 0.530. The second-order valence-electron chi connectivity index (χ2n) is 2.27. The summed E-state index contributed by atoms with van der Waals surface area (Å²) >= 11 is 0. The molecule has 0 bridgehead atoms. The number of hydrogen-bond acceptors (Lipinski definition) is 7. The van der Waals surface area contributed by atoms with Gasteiger partial charge in [-0.15, -0.1) is 0 Å². The van der Waals surface area contributed by atoms with Crippen molar-refractivity contribution >= 4 is 17.9 Å². The van der Waals surface area contributed by atoms with Crippen LogP contribution in [0.25, 0.3) is 0 Å². The molecule has 1 unspecified atom stereocenters. The number of carbonyl (C=O) groups is 3. The lowest BCUT2D eigenvalue weighted by Gasteiger charge is -2.11. The summed E-state index contributed by atoms with van der Waals surface area (Å²) in [6.45, 7) is -0.580. The van der Waals surface area contributed by atoms with E-state index >= 15 is 0 Å². The summed E-state index contributed by atoms with van der Waals surface area (Å²) in [6, 6.07) is 0. The fourth-order valence-corrected chi connectivity index (χ4v) is 0.530. The number of aliphatic hydroxyl groups is 1. The highest BCUT2D eigenvalue weighted by Gasteiger charge is 2.18. The van der Waals surface area contributed by atoms with Crippen LogP contribution in [0, 0.1) is 0 Å². The molecule has 0 radical (unpaired) electrons. The van der Waals surface area contributed by atoms with Gasteiger partial charge in [0.25, 0.3) is 0 Å². The third kappa shape index (κ3) is 5.09. The van der Waals surface area contributed by atoms with Crippen molar-refractivity contribution in [3.05, 3.63) is 0 Å². The quantitative estimate of drug-likeness (QED) is 0.482. The zero-order valence-electron chi connectivity index (χ0n) is 7.39. The Bertz CT molecular complexity index is 234. The molecule has 0 aliphatic heterocycles. The molecule has 0 aromatic rings. The third-order valence-corrected chi connectivity index (χ3v) is 1.10.